The maximum absolute atomic E-state index is 13.2. The molecule has 1 aliphatic carbocycles. The fourth-order valence-corrected chi connectivity index (χ4v) is 6.84. The second-order valence-corrected chi connectivity index (χ2v) is 10.2. The smallest absolute Gasteiger partial charge is 0.263 e. The van der Waals surface area contributed by atoms with Crippen LogP contribution < -0.4 is 5.56 Å². The van der Waals surface area contributed by atoms with Crippen LogP contribution in [0.15, 0.2) is 9.95 Å². The summed E-state index contributed by atoms with van der Waals surface area (Å²) in [6.45, 7) is 7.82. The molecule has 2 aromatic rings. The van der Waals surface area contributed by atoms with Crippen LogP contribution in [0.25, 0.3) is 10.2 Å². The van der Waals surface area contributed by atoms with Gasteiger partial charge in [0.05, 0.1) is 11.1 Å². The molecule has 0 unspecified atom stereocenters. The average molecular weight is 420 g/mol. The number of thioether (sulfide) groups is 1. The number of rotatable bonds is 4. The number of aromatic nitrogens is 2. The summed E-state index contributed by atoms with van der Waals surface area (Å²) in [5, 5.41) is 1.51. The van der Waals surface area contributed by atoms with Crippen LogP contribution in [-0.2, 0) is 24.2 Å². The van der Waals surface area contributed by atoms with E-state index in [1.807, 2.05) is 11.8 Å². The Morgan fingerprint density at radius 2 is 2.11 bits per heavy atom. The van der Waals surface area contributed by atoms with E-state index in [4.69, 9.17) is 4.98 Å². The highest BCUT2D eigenvalue weighted by Crippen LogP contribution is 2.36. The molecule has 0 aromatic carbocycles. The van der Waals surface area contributed by atoms with Crippen molar-refractivity contribution in [3.05, 3.63) is 20.8 Å². The first-order valence-corrected chi connectivity index (χ1v) is 12.3. The lowest BCUT2D eigenvalue weighted by molar-refractivity contribution is -0.131. The number of hydrogen-bond donors (Lipinski definition) is 0. The van der Waals surface area contributed by atoms with E-state index in [1.54, 1.807) is 15.9 Å². The van der Waals surface area contributed by atoms with E-state index < -0.39 is 0 Å². The van der Waals surface area contributed by atoms with E-state index in [0.717, 1.165) is 48.9 Å². The number of amides is 1. The third-order valence-corrected chi connectivity index (χ3v) is 8.25. The molecule has 0 N–H and O–H groups in total. The highest BCUT2D eigenvalue weighted by Gasteiger charge is 2.26. The minimum absolute atomic E-state index is 0.0702. The van der Waals surface area contributed by atoms with Gasteiger partial charge in [0.1, 0.15) is 4.83 Å². The molecular weight excluding hydrogens is 390 g/mol. The maximum atomic E-state index is 13.2. The number of hydrogen-bond acceptors (Lipinski definition) is 5. The van der Waals surface area contributed by atoms with E-state index in [1.165, 1.54) is 28.6 Å². The van der Waals surface area contributed by atoms with Gasteiger partial charge in [-0.3, -0.25) is 14.2 Å². The van der Waals surface area contributed by atoms with Crippen LogP contribution in [0, 0.1) is 5.92 Å². The molecule has 2 atom stereocenters. The van der Waals surface area contributed by atoms with Crippen molar-refractivity contribution in [3.63, 3.8) is 0 Å². The third kappa shape index (κ3) is 3.63. The molecule has 0 saturated carbocycles. The van der Waals surface area contributed by atoms with Crippen LogP contribution in [0.5, 0.6) is 0 Å². The van der Waals surface area contributed by atoms with Crippen molar-refractivity contribution in [1.29, 1.82) is 0 Å². The van der Waals surface area contributed by atoms with Gasteiger partial charge in [0.25, 0.3) is 5.56 Å². The Labute approximate surface area is 174 Å². The van der Waals surface area contributed by atoms with Crippen LogP contribution in [0.2, 0.25) is 0 Å². The molecule has 2 aliphatic rings. The summed E-state index contributed by atoms with van der Waals surface area (Å²) < 4.78 is 1.75. The zero-order valence-corrected chi connectivity index (χ0v) is 18.6. The molecular formula is C21H29N3O2S2. The number of thiophene rings is 1. The Morgan fingerprint density at radius 1 is 1.29 bits per heavy atom. The van der Waals surface area contributed by atoms with Gasteiger partial charge in [0.2, 0.25) is 5.91 Å². The van der Waals surface area contributed by atoms with E-state index in [2.05, 4.69) is 13.8 Å². The number of aryl methyl sites for hydroxylation is 1. The van der Waals surface area contributed by atoms with E-state index in [9.17, 15) is 9.59 Å². The highest BCUT2D eigenvalue weighted by molar-refractivity contribution is 7.99. The molecule has 0 spiro atoms. The Bertz CT molecular complexity index is 949. The normalized spacial score (nSPS) is 22.5. The fourth-order valence-electron chi connectivity index (χ4n) is 4.47. The number of likely N-dealkylation sites (tertiary alicyclic amines) is 1. The van der Waals surface area contributed by atoms with Crippen molar-refractivity contribution in [1.82, 2.24) is 14.5 Å². The first kappa shape index (κ1) is 20.0. The summed E-state index contributed by atoms with van der Waals surface area (Å²) in [6, 6.07) is 0.316. The van der Waals surface area contributed by atoms with Crippen molar-refractivity contribution in [3.8, 4) is 0 Å². The number of nitrogens with zero attached hydrogens (tertiary/aromatic N) is 3. The van der Waals surface area contributed by atoms with Crippen LogP contribution >= 0.6 is 23.1 Å². The Kier molecular flexibility index (Phi) is 5.83. The summed E-state index contributed by atoms with van der Waals surface area (Å²) in [5.74, 6) is 1.19. The van der Waals surface area contributed by atoms with Gasteiger partial charge in [-0.25, -0.2) is 4.98 Å². The summed E-state index contributed by atoms with van der Waals surface area (Å²) in [6.07, 6.45) is 6.55. The molecule has 5 nitrogen and oxygen atoms in total. The number of fused-ring (bicyclic) bond motifs is 3. The Morgan fingerprint density at radius 3 is 2.86 bits per heavy atom. The average Bonchev–Trinajstić information content (AvgIpc) is 3.04. The standard InChI is InChI=1S/C21H29N3O2S2/c1-4-23-20(26)18-15-9-8-13(2)11-16(15)28-19(18)22-21(23)27-12-17(25)24-10-6-5-7-14(24)3/h13-14H,4-12H2,1-3H3/t13-,14-/m0/s1. The van der Waals surface area contributed by atoms with E-state index >= 15 is 0 Å². The van der Waals surface area contributed by atoms with Gasteiger partial charge < -0.3 is 4.90 Å². The SMILES string of the molecule is CCn1c(SCC(=O)N2CCCC[C@@H]2C)nc2sc3c(c2c1=O)CC[C@H](C)C3. The summed E-state index contributed by atoms with van der Waals surface area (Å²) >= 11 is 3.10. The first-order chi connectivity index (χ1) is 13.5. The number of carbonyl (C=O) groups excluding carboxylic acids is 1. The number of piperidine rings is 1. The van der Waals surface area contributed by atoms with Crippen molar-refractivity contribution in [2.45, 2.75) is 77.0 Å². The molecule has 0 bridgehead atoms. The highest BCUT2D eigenvalue weighted by atomic mass is 32.2. The topological polar surface area (TPSA) is 55.2 Å². The first-order valence-electron chi connectivity index (χ1n) is 10.5. The molecule has 1 aliphatic heterocycles. The van der Waals surface area contributed by atoms with Crippen molar-refractivity contribution in [2.75, 3.05) is 12.3 Å². The summed E-state index contributed by atoms with van der Waals surface area (Å²) in [5.41, 5.74) is 1.30. The summed E-state index contributed by atoms with van der Waals surface area (Å²) in [4.78, 5) is 35.0. The molecule has 152 valence electrons. The van der Waals surface area contributed by atoms with Gasteiger partial charge in [-0.05, 0) is 63.9 Å². The van der Waals surface area contributed by atoms with Crippen molar-refractivity contribution in [2.24, 2.45) is 5.92 Å². The van der Waals surface area contributed by atoms with Crippen molar-refractivity contribution >= 4 is 39.2 Å². The molecule has 2 aromatic heterocycles. The zero-order chi connectivity index (χ0) is 19.8. The van der Waals surface area contributed by atoms with Crippen molar-refractivity contribution < 1.29 is 4.79 Å². The second kappa shape index (κ2) is 8.19. The molecule has 7 heteroatoms. The largest absolute Gasteiger partial charge is 0.339 e. The minimum Gasteiger partial charge on any atom is -0.339 e. The van der Waals surface area contributed by atoms with Gasteiger partial charge >= 0.3 is 0 Å². The molecule has 1 fully saturated rings. The molecule has 28 heavy (non-hydrogen) atoms. The lowest BCUT2D eigenvalue weighted by Crippen LogP contribution is -2.43. The molecule has 4 rings (SSSR count). The van der Waals surface area contributed by atoms with Gasteiger partial charge in [0, 0.05) is 24.0 Å². The minimum atomic E-state index is 0.0702. The quantitative estimate of drug-likeness (QED) is 0.553. The van der Waals surface area contributed by atoms with Crippen LogP contribution in [-0.4, -0.2) is 38.7 Å². The van der Waals surface area contributed by atoms with Crippen LogP contribution in [0.4, 0.5) is 0 Å². The predicted octanol–water partition coefficient (Wildman–Crippen LogP) is 4.10. The summed E-state index contributed by atoms with van der Waals surface area (Å²) in [7, 11) is 0. The molecule has 1 amide bonds. The fraction of sp³-hybridized carbons (Fsp3) is 0.667. The lowest BCUT2D eigenvalue weighted by Gasteiger charge is -2.33. The van der Waals surface area contributed by atoms with Crippen LogP contribution in [0.3, 0.4) is 0 Å². The second-order valence-electron chi connectivity index (χ2n) is 8.20. The van der Waals surface area contributed by atoms with Gasteiger partial charge in [-0.2, -0.15) is 0 Å². The predicted molar refractivity (Wildman–Crippen MR) is 116 cm³/mol. The van der Waals surface area contributed by atoms with Gasteiger partial charge in [-0.15, -0.1) is 11.3 Å². The molecule has 1 saturated heterocycles. The van der Waals surface area contributed by atoms with Gasteiger partial charge in [-0.1, -0.05) is 18.7 Å². The van der Waals surface area contributed by atoms with E-state index in [-0.39, 0.29) is 11.5 Å². The van der Waals surface area contributed by atoms with Crippen LogP contribution in [0.1, 0.15) is 56.9 Å². The molecule has 3 heterocycles. The lowest BCUT2D eigenvalue weighted by atomic mass is 9.89. The molecule has 0 radical (unpaired) electrons. The van der Waals surface area contributed by atoms with Gasteiger partial charge in [0.15, 0.2) is 5.16 Å². The third-order valence-electron chi connectivity index (χ3n) is 6.14. The monoisotopic (exact) mass is 419 g/mol. The Hall–Kier alpha value is -1.34. The Balaban J connectivity index is 1.62. The maximum Gasteiger partial charge on any atom is 0.263 e. The zero-order valence-electron chi connectivity index (χ0n) is 17.0. The van der Waals surface area contributed by atoms with E-state index in [0.29, 0.717) is 29.4 Å². The number of carbonyl (C=O) groups is 1.